The van der Waals surface area contributed by atoms with E-state index in [0.29, 0.717) is 25.5 Å². The van der Waals surface area contributed by atoms with Crippen LogP contribution in [0, 0.1) is 19.3 Å². The lowest BCUT2D eigenvalue weighted by Crippen LogP contribution is -2.23. The third kappa shape index (κ3) is 3.89. The minimum Gasteiger partial charge on any atom is -0.496 e. The maximum atomic E-state index is 6.04. The van der Waals surface area contributed by atoms with Gasteiger partial charge in [-0.25, -0.2) is 4.98 Å². The van der Waals surface area contributed by atoms with Gasteiger partial charge in [0, 0.05) is 17.5 Å². The van der Waals surface area contributed by atoms with E-state index in [0.717, 1.165) is 39.3 Å². The summed E-state index contributed by atoms with van der Waals surface area (Å²) >= 11 is 0. The maximum Gasteiger partial charge on any atom is 0.227 e. The molecule has 0 saturated heterocycles. The van der Waals surface area contributed by atoms with Gasteiger partial charge in [0.2, 0.25) is 5.89 Å². The Kier molecular flexibility index (Phi) is 5.37. The van der Waals surface area contributed by atoms with E-state index < -0.39 is 0 Å². The van der Waals surface area contributed by atoms with Crippen LogP contribution in [0.2, 0.25) is 0 Å². The van der Waals surface area contributed by atoms with Crippen LogP contribution in [0.5, 0.6) is 5.75 Å². The molecule has 5 nitrogen and oxygen atoms in total. The number of aryl methyl sites for hydroxylation is 1. The molecule has 0 spiro atoms. The van der Waals surface area contributed by atoms with Crippen molar-refractivity contribution in [3.8, 4) is 29.5 Å². The van der Waals surface area contributed by atoms with Crippen LogP contribution in [0.15, 0.2) is 63.6 Å². The molecule has 0 aliphatic heterocycles. The lowest BCUT2D eigenvalue weighted by molar-refractivity contribution is 0.260. The van der Waals surface area contributed by atoms with E-state index in [4.69, 9.17) is 25.0 Å². The highest BCUT2D eigenvalue weighted by molar-refractivity contribution is 5.98. The minimum absolute atomic E-state index is 0.494. The molecule has 0 N–H and O–H groups in total. The zero-order chi connectivity index (χ0) is 20.2. The average Bonchev–Trinajstić information content (AvgIpc) is 3.37. The number of furan rings is 1. The first-order valence-electron chi connectivity index (χ1n) is 9.40. The topological polar surface area (TPSA) is 51.6 Å². The number of benzene rings is 2. The molecule has 29 heavy (non-hydrogen) atoms. The molecule has 2 heterocycles. The molecule has 0 unspecified atom stereocenters. The Labute approximate surface area is 169 Å². The van der Waals surface area contributed by atoms with Crippen LogP contribution < -0.4 is 4.74 Å². The molecule has 5 heteroatoms. The number of terminal acetylenes is 1. The first-order valence-corrected chi connectivity index (χ1v) is 9.40. The number of hydrogen-bond donors (Lipinski definition) is 0. The number of aromatic nitrogens is 1. The molecule has 0 amide bonds. The van der Waals surface area contributed by atoms with E-state index in [2.05, 4.69) is 10.8 Å². The summed E-state index contributed by atoms with van der Waals surface area (Å²) in [5.74, 6) is 5.77. The fourth-order valence-corrected chi connectivity index (χ4v) is 3.46. The maximum absolute atomic E-state index is 6.04. The monoisotopic (exact) mass is 386 g/mol. The van der Waals surface area contributed by atoms with Crippen LogP contribution in [0.4, 0.5) is 0 Å². The fraction of sp³-hybridized carbons (Fsp3) is 0.208. The molecule has 0 aliphatic rings. The molecule has 0 fully saturated rings. The highest BCUT2D eigenvalue weighted by Gasteiger charge is 2.18. The first-order chi connectivity index (χ1) is 14.2. The van der Waals surface area contributed by atoms with E-state index in [-0.39, 0.29) is 0 Å². The molecule has 2 aromatic carbocycles. The minimum atomic E-state index is 0.494. The summed E-state index contributed by atoms with van der Waals surface area (Å²) in [4.78, 5) is 6.89. The molecular formula is C24H22N2O3. The Balaban J connectivity index is 1.66. The van der Waals surface area contributed by atoms with Gasteiger partial charge in [-0.1, -0.05) is 30.2 Å². The van der Waals surface area contributed by atoms with Crippen LogP contribution in [0.1, 0.15) is 17.2 Å². The van der Waals surface area contributed by atoms with Gasteiger partial charge in [-0.15, -0.1) is 6.42 Å². The van der Waals surface area contributed by atoms with Crippen LogP contribution in [0.3, 0.4) is 0 Å². The number of oxazole rings is 1. The van der Waals surface area contributed by atoms with Gasteiger partial charge < -0.3 is 13.6 Å². The predicted octanol–water partition coefficient (Wildman–Crippen LogP) is 5.04. The second kappa shape index (κ2) is 8.26. The summed E-state index contributed by atoms with van der Waals surface area (Å²) < 4.78 is 17.0. The van der Waals surface area contributed by atoms with Crippen molar-refractivity contribution < 1.29 is 13.6 Å². The second-order valence-corrected chi connectivity index (χ2v) is 6.81. The molecule has 0 saturated carbocycles. The quantitative estimate of drug-likeness (QED) is 0.417. The van der Waals surface area contributed by atoms with Crippen molar-refractivity contribution in [3.05, 3.63) is 72.0 Å². The highest BCUT2D eigenvalue weighted by Crippen LogP contribution is 2.34. The summed E-state index contributed by atoms with van der Waals surface area (Å²) in [5, 5.41) is 2.06. The van der Waals surface area contributed by atoms with Crippen LogP contribution >= 0.6 is 0 Å². The Morgan fingerprint density at radius 1 is 1.07 bits per heavy atom. The van der Waals surface area contributed by atoms with Crippen LogP contribution in [-0.2, 0) is 13.1 Å². The van der Waals surface area contributed by atoms with Gasteiger partial charge in [0.15, 0.2) is 0 Å². The van der Waals surface area contributed by atoms with Gasteiger partial charge >= 0.3 is 0 Å². The summed E-state index contributed by atoms with van der Waals surface area (Å²) in [6, 6.07) is 15.8. The number of methoxy groups -OCH3 is 1. The number of rotatable bonds is 7. The molecular weight excluding hydrogens is 364 g/mol. The van der Waals surface area contributed by atoms with E-state index in [1.54, 1.807) is 13.4 Å². The summed E-state index contributed by atoms with van der Waals surface area (Å²) in [6.07, 6.45) is 7.22. The SMILES string of the molecule is C#CCN(Cc1ccco1)Cc1nc(-c2ccc(OC)c3ccccc23)oc1C. The second-order valence-electron chi connectivity index (χ2n) is 6.81. The van der Waals surface area contributed by atoms with Gasteiger partial charge in [0.25, 0.3) is 0 Å². The molecule has 0 atom stereocenters. The Hall–Kier alpha value is -3.49. The zero-order valence-corrected chi connectivity index (χ0v) is 16.5. The van der Waals surface area contributed by atoms with E-state index in [1.165, 1.54) is 0 Å². The first kappa shape index (κ1) is 18.9. The molecule has 0 aliphatic carbocycles. The lowest BCUT2D eigenvalue weighted by atomic mass is 10.0. The number of ether oxygens (including phenoxy) is 1. The number of fused-ring (bicyclic) bond motifs is 1. The molecule has 0 bridgehead atoms. The van der Waals surface area contributed by atoms with Crippen LogP contribution in [-0.4, -0.2) is 23.5 Å². The van der Waals surface area contributed by atoms with Gasteiger partial charge in [-0.3, -0.25) is 4.90 Å². The molecule has 4 aromatic rings. The van der Waals surface area contributed by atoms with Crippen molar-refractivity contribution in [3.63, 3.8) is 0 Å². The van der Waals surface area contributed by atoms with Crippen molar-refractivity contribution in [1.82, 2.24) is 9.88 Å². The van der Waals surface area contributed by atoms with Crippen molar-refractivity contribution in [2.24, 2.45) is 0 Å². The predicted molar refractivity (Wildman–Crippen MR) is 112 cm³/mol. The Morgan fingerprint density at radius 2 is 1.90 bits per heavy atom. The van der Waals surface area contributed by atoms with Crippen molar-refractivity contribution in [2.75, 3.05) is 13.7 Å². The average molecular weight is 386 g/mol. The Bertz CT molecular complexity index is 1150. The fourth-order valence-electron chi connectivity index (χ4n) is 3.46. The van der Waals surface area contributed by atoms with Gasteiger partial charge in [0.05, 0.1) is 32.2 Å². The Morgan fingerprint density at radius 3 is 2.62 bits per heavy atom. The summed E-state index contributed by atoms with van der Waals surface area (Å²) in [6.45, 7) is 3.62. The summed E-state index contributed by atoms with van der Waals surface area (Å²) in [7, 11) is 1.67. The van der Waals surface area contributed by atoms with Crippen molar-refractivity contribution >= 4 is 10.8 Å². The van der Waals surface area contributed by atoms with Crippen molar-refractivity contribution in [1.29, 1.82) is 0 Å². The highest BCUT2D eigenvalue weighted by atomic mass is 16.5. The largest absolute Gasteiger partial charge is 0.496 e. The third-order valence-corrected chi connectivity index (χ3v) is 4.87. The summed E-state index contributed by atoms with van der Waals surface area (Å²) in [5.41, 5.74) is 1.80. The molecule has 0 radical (unpaired) electrons. The van der Waals surface area contributed by atoms with Crippen LogP contribution in [0.25, 0.3) is 22.2 Å². The normalized spacial score (nSPS) is 11.1. The molecule has 146 valence electrons. The number of hydrogen-bond acceptors (Lipinski definition) is 5. The molecule has 4 rings (SSSR count). The van der Waals surface area contributed by atoms with Gasteiger partial charge in [-0.05, 0) is 36.6 Å². The number of nitrogens with zero attached hydrogens (tertiary/aromatic N) is 2. The van der Waals surface area contributed by atoms with Gasteiger partial charge in [-0.2, -0.15) is 0 Å². The lowest BCUT2D eigenvalue weighted by Gasteiger charge is -2.17. The zero-order valence-electron chi connectivity index (χ0n) is 16.5. The molecule has 2 aromatic heterocycles. The van der Waals surface area contributed by atoms with E-state index in [9.17, 15) is 0 Å². The smallest absolute Gasteiger partial charge is 0.227 e. The van der Waals surface area contributed by atoms with E-state index in [1.807, 2.05) is 55.5 Å². The van der Waals surface area contributed by atoms with E-state index >= 15 is 0 Å². The van der Waals surface area contributed by atoms with Crippen molar-refractivity contribution in [2.45, 2.75) is 20.0 Å². The van der Waals surface area contributed by atoms with Gasteiger partial charge in [0.1, 0.15) is 17.3 Å². The standard InChI is InChI=1S/C24H22N2O3/c1-4-13-26(15-18-8-7-14-28-18)16-22-17(2)29-24(25-22)21-11-12-23(27-3)20-10-6-5-9-19(20)21/h1,5-12,14H,13,15-16H2,2-3H3. The third-order valence-electron chi connectivity index (χ3n) is 4.87.